The lowest BCUT2D eigenvalue weighted by Gasteiger charge is -2.14. The van der Waals surface area contributed by atoms with Gasteiger partial charge in [-0.25, -0.2) is 13.1 Å². The van der Waals surface area contributed by atoms with Gasteiger partial charge in [0.1, 0.15) is 10.6 Å². The summed E-state index contributed by atoms with van der Waals surface area (Å²) < 4.78 is 36.1. The first kappa shape index (κ1) is 24.2. The van der Waals surface area contributed by atoms with Crippen molar-refractivity contribution >= 4 is 33.2 Å². The molecule has 0 aliphatic heterocycles. The first-order chi connectivity index (χ1) is 17.1. The topological polar surface area (TPSA) is 145 Å². The Hall–Kier alpha value is -3.48. The summed E-state index contributed by atoms with van der Waals surface area (Å²) in [6.45, 7) is 1.63. The number of halogens is 1. The summed E-state index contributed by atoms with van der Waals surface area (Å²) in [5.74, 6) is -0.448. The average molecular weight is 532 g/mol. The van der Waals surface area contributed by atoms with Crippen molar-refractivity contribution < 1.29 is 22.9 Å². The number of sulfonamides is 1. The quantitative estimate of drug-likeness (QED) is 0.315. The maximum absolute atomic E-state index is 13.1. The molecule has 188 valence electrons. The van der Waals surface area contributed by atoms with Crippen LogP contribution in [0.2, 0.25) is 5.02 Å². The van der Waals surface area contributed by atoms with Gasteiger partial charge in [-0.05, 0) is 56.9 Å². The van der Waals surface area contributed by atoms with Crippen molar-refractivity contribution in [3.8, 4) is 17.3 Å². The van der Waals surface area contributed by atoms with Crippen LogP contribution in [0.5, 0.6) is 11.6 Å². The SMILES string of the molecule is Cc1c(C(=O)NC2CC2)nn(-c2cccc(Cl)c2)c1Oc1ccc([N+](=O)[O-])cc1S(=O)(=O)NC1CC1. The minimum Gasteiger partial charge on any atom is -0.437 e. The summed E-state index contributed by atoms with van der Waals surface area (Å²) in [6.07, 6.45) is 3.15. The normalized spacial score (nSPS) is 15.5. The molecule has 13 heteroatoms. The number of amides is 1. The van der Waals surface area contributed by atoms with Gasteiger partial charge in [0.05, 0.1) is 10.6 Å². The lowest BCUT2D eigenvalue weighted by atomic mass is 10.2. The lowest BCUT2D eigenvalue weighted by Crippen LogP contribution is -2.26. The minimum absolute atomic E-state index is 0.0786. The van der Waals surface area contributed by atoms with Crippen LogP contribution in [0.4, 0.5) is 5.69 Å². The highest BCUT2D eigenvalue weighted by molar-refractivity contribution is 7.89. The number of hydrogen-bond acceptors (Lipinski definition) is 7. The van der Waals surface area contributed by atoms with Crippen molar-refractivity contribution in [1.29, 1.82) is 0 Å². The van der Waals surface area contributed by atoms with E-state index >= 15 is 0 Å². The van der Waals surface area contributed by atoms with Crippen LogP contribution in [0, 0.1) is 17.0 Å². The molecule has 11 nitrogen and oxygen atoms in total. The summed E-state index contributed by atoms with van der Waals surface area (Å²) in [5, 5.41) is 19.1. The second kappa shape index (κ2) is 9.19. The van der Waals surface area contributed by atoms with Gasteiger partial charge in [-0.2, -0.15) is 9.78 Å². The van der Waals surface area contributed by atoms with Crippen LogP contribution in [0.1, 0.15) is 41.7 Å². The number of nitro groups is 1. The van der Waals surface area contributed by atoms with E-state index in [-0.39, 0.29) is 40.2 Å². The number of hydrogen-bond donors (Lipinski definition) is 2. The molecule has 1 heterocycles. The number of non-ortho nitro benzene ring substituents is 1. The molecule has 2 saturated carbocycles. The second-order valence-corrected chi connectivity index (χ2v) is 10.9. The van der Waals surface area contributed by atoms with Crippen LogP contribution in [0.3, 0.4) is 0 Å². The molecule has 2 aromatic carbocycles. The Morgan fingerprint density at radius 2 is 1.89 bits per heavy atom. The van der Waals surface area contributed by atoms with Crippen LogP contribution in [0.15, 0.2) is 47.4 Å². The minimum atomic E-state index is -4.13. The van der Waals surface area contributed by atoms with Crippen molar-refractivity contribution in [2.75, 3.05) is 0 Å². The molecular formula is C23H22ClN5O6S. The van der Waals surface area contributed by atoms with E-state index in [1.54, 1.807) is 31.2 Å². The van der Waals surface area contributed by atoms with Crippen molar-refractivity contribution in [2.45, 2.75) is 49.6 Å². The van der Waals surface area contributed by atoms with Crippen LogP contribution >= 0.6 is 11.6 Å². The van der Waals surface area contributed by atoms with Gasteiger partial charge in [-0.3, -0.25) is 14.9 Å². The first-order valence-corrected chi connectivity index (χ1v) is 13.1. The molecule has 0 unspecified atom stereocenters. The lowest BCUT2D eigenvalue weighted by molar-refractivity contribution is -0.385. The third-order valence-electron chi connectivity index (χ3n) is 5.78. The first-order valence-electron chi connectivity index (χ1n) is 11.3. The molecule has 1 amide bonds. The van der Waals surface area contributed by atoms with Gasteiger partial charge in [0, 0.05) is 34.8 Å². The molecule has 0 radical (unpaired) electrons. The molecule has 2 aliphatic rings. The van der Waals surface area contributed by atoms with E-state index in [4.69, 9.17) is 16.3 Å². The molecule has 0 spiro atoms. The fourth-order valence-corrected chi connectivity index (χ4v) is 5.21. The molecular weight excluding hydrogens is 510 g/mol. The Balaban J connectivity index is 1.61. The highest BCUT2D eigenvalue weighted by Crippen LogP contribution is 2.37. The standard InChI is InChI=1S/C23H22ClN5O6S/c1-13-21(22(30)25-15-5-6-15)26-28(17-4-2-3-14(24)11-17)23(13)35-19-10-9-18(29(31)32)12-20(19)36(33,34)27-16-7-8-16/h2-4,9-12,15-16,27H,5-8H2,1H3,(H,25,30). The molecule has 2 fully saturated rings. The van der Waals surface area contributed by atoms with Crippen LogP contribution < -0.4 is 14.8 Å². The van der Waals surface area contributed by atoms with Gasteiger partial charge in [0.15, 0.2) is 5.69 Å². The van der Waals surface area contributed by atoms with Gasteiger partial charge in [0.2, 0.25) is 15.9 Å². The van der Waals surface area contributed by atoms with Crippen molar-refractivity contribution in [1.82, 2.24) is 19.8 Å². The predicted octanol–water partition coefficient (Wildman–Crippen LogP) is 3.87. The Bertz CT molecular complexity index is 1480. The number of nitrogens with one attached hydrogen (secondary N) is 2. The van der Waals surface area contributed by atoms with Gasteiger partial charge in [-0.15, -0.1) is 0 Å². The third kappa shape index (κ3) is 5.06. The third-order valence-corrected chi connectivity index (χ3v) is 7.56. The molecule has 0 saturated heterocycles. The average Bonchev–Trinajstić information content (AvgIpc) is 3.76. The predicted molar refractivity (Wildman–Crippen MR) is 130 cm³/mol. The Morgan fingerprint density at radius 1 is 1.17 bits per heavy atom. The summed E-state index contributed by atoms with van der Waals surface area (Å²) >= 11 is 6.17. The van der Waals surface area contributed by atoms with E-state index in [0.29, 0.717) is 29.1 Å². The number of benzene rings is 2. The van der Waals surface area contributed by atoms with Crippen LogP contribution in [-0.4, -0.2) is 41.1 Å². The Morgan fingerprint density at radius 3 is 2.53 bits per heavy atom. The summed E-state index contributed by atoms with van der Waals surface area (Å²) in [6, 6.07) is 9.89. The van der Waals surface area contributed by atoms with Crippen LogP contribution in [0.25, 0.3) is 5.69 Å². The van der Waals surface area contributed by atoms with E-state index in [2.05, 4.69) is 15.1 Å². The number of ether oxygens (including phenoxy) is 1. The van der Waals surface area contributed by atoms with Crippen molar-refractivity contribution in [3.05, 3.63) is 68.9 Å². The molecule has 1 aromatic heterocycles. The Labute approximate surface area is 211 Å². The number of carbonyl (C=O) groups excluding carboxylic acids is 1. The molecule has 2 aliphatic carbocycles. The monoisotopic (exact) mass is 531 g/mol. The molecule has 5 rings (SSSR count). The molecule has 36 heavy (non-hydrogen) atoms. The fourth-order valence-electron chi connectivity index (χ4n) is 3.57. The summed E-state index contributed by atoms with van der Waals surface area (Å²) in [4.78, 5) is 23.2. The zero-order chi connectivity index (χ0) is 25.6. The zero-order valence-corrected chi connectivity index (χ0v) is 20.7. The van der Waals surface area contributed by atoms with E-state index in [0.717, 1.165) is 25.0 Å². The smallest absolute Gasteiger partial charge is 0.272 e. The summed E-state index contributed by atoms with van der Waals surface area (Å²) in [5.41, 5.74) is 0.556. The number of nitro benzene ring substituents is 1. The highest BCUT2D eigenvalue weighted by atomic mass is 35.5. The van der Waals surface area contributed by atoms with Gasteiger partial charge >= 0.3 is 0 Å². The maximum Gasteiger partial charge on any atom is 0.272 e. The zero-order valence-electron chi connectivity index (χ0n) is 19.1. The largest absolute Gasteiger partial charge is 0.437 e. The van der Waals surface area contributed by atoms with Gasteiger partial charge in [0.25, 0.3) is 11.6 Å². The number of aromatic nitrogens is 2. The van der Waals surface area contributed by atoms with Gasteiger partial charge < -0.3 is 10.1 Å². The number of nitrogens with zero attached hydrogens (tertiary/aromatic N) is 3. The van der Waals surface area contributed by atoms with E-state index in [1.807, 2.05) is 0 Å². The molecule has 0 atom stereocenters. The number of rotatable bonds is 9. The van der Waals surface area contributed by atoms with Crippen molar-refractivity contribution in [3.63, 3.8) is 0 Å². The maximum atomic E-state index is 13.1. The van der Waals surface area contributed by atoms with E-state index in [1.165, 1.54) is 10.7 Å². The molecule has 3 aromatic rings. The van der Waals surface area contributed by atoms with Crippen LogP contribution in [-0.2, 0) is 10.0 Å². The number of carbonyl (C=O) groups is 1. The highest BCUT2D eigenvalue weighted by Gasteiger charge is 2.33. The second-order valence-electron chi connectivity index (χ2n) is 8.80. The summed E-state index contributed by atoms with van der Waals surface area (Å²) in [7, 11) is -4.13. The fraction of sp³-hybridized carbons (Fsp3) is 0.304. The molecule has 0 bridgehead atoms. The van der Waals surface area contributed by atoms with Gasteiger partial charge in [-0.1, -0.05) is 17.7 Å². The van der Waals surface area contributed by atoms with E-state index < -0.39 is 20.6 Å². The molecule has 2 N–H and O–H groups in total. The Kier molecular flexibility index (Phi) is 6.18. The van der Waals surface area contributed by atoms with Crippen molar-refractivity contribution in [2.24, 2.45) is 0 Å². The van der Waals surface area contributed by atoms with E-state index in [9.17, 15) is 23.3 Å².